The summed E-state index contributed by atoms with van der Waals surface area (Å²) in [7, 11) is 0. The molecule has 3 rings (SSSR count). The number of likely N-dealkylation sites (tertiary alicyclic amines) is 1. The number of carbonyl (C=O) groups excluding carboxylic acids is 1. The highest BCUT2D eigenvalue weighted by Crippen LogP contribution is 2.37. The van der Waals surface area contributed by atoms with Crippen LogP contribution < -0.4 is 4.74 Å². The Hall–Kier alpha value is -1.69. The highest BCUT2D eigenvalue weighted by atomic mass is 19.3. The minimum atomic E-state index is -2.63. The molecule has 0 radical (unpaired) electrons. The molecule has 2 aliphatic rings. The third-order valence-electron chi connectivity index (χ3n) is 5.21. The van der Waals surface area contributed by atoms with E-state index in [1.54, 1.807) is 4.90 Å². The van der Waals surface area contributed by atoms with E-state index >= 15 is 0 Å². The number of amides is 1. The largest absolute Gasteiger partial charge is 0.491 e. The predicted octanol–water partition coefficient (Wildman–Crippen LogP) is 3.16. The first-order valence-electron chi connectivity index (χ1n) is 8.85. The summed E-state index contributed by atoms with van der Waals surface area (Å²) in [5.41, 5.74) is -0.0142. The molecule has 1 aliphatic carbocycles. The van der Waals surface area contributed by atoms with E-state index in [-0.39, 0.29) is 50.7 Å². The highest BCUT2D eigenvalue weighted by molar-refractivity contribution is 5.79. The van der Waals surface area contributed by atoms with Crippen LogP contribution in [-0.4, -0.2) is 47.1 Å². The maximum absolute atomic E-state index is 13.3. The van der Waals surface area contributed by atoms with Crippen LogP contribution in [0.4, 0.5) is 8.78 Å². The lowest BCUT2D eigenvalue weighted by atomic mass is 9.86. The smallest absolute Gasteiger partial charge is 0.248 e. The first kappa shape index (κ1) is 18.1. The van der Waals surface area contributed by atoms with Gasteiger partial charge >= 0.3 is 0 Å². The van der Waals surface area contributed by atoms with Crippen molar-refractivity contribution >= 4 is 5.91 Å². The van der Waals surface area contributed by atoms with Crippen LogP contribution in [0.3, 0.4) is 0 Å². The van der Waals surface area contributed by atoms with E-state index in [0.717, 1.165) is 5.56 Å². The molecular formula is C19H25F2NO3. The first-order chi connectivity index (χ1) is 11.8. The molecule has 2 fully saturated rings. The van der Waals surface area contributed by atoms with E-state index in [1.807, 2.05) is 31.2 Å². The molecule has 1 atom stereocenters. The van der Waals surface area contributed by atoms with Crippen molar-refractivity contribution < 1.29 is 23.4 Å². The fraction of sp³-hybridized carbons (Fsp3) is 0.632. The quantitative estimate of drug-likeness (QED) is 0.905. The number of alkyl halides is 2. The summed E-state index contributed by atoms with van der Waals surface area (Å²) in [5, 5.41) is 10.7. The molecule has 4 nitrogen and oxygen atoms in total. The van der Waals surface area contributed by atoms with E-state index < -0.39 is 11.5 Å². The second-order valence-electron chi connectivity index (χ2n) is 7.47. The van der Waals surface area contributed by atoms with E-state index in [1.165, 1.54) is 0 Å². The van der Waals surface area contributed by atoms with Gasteiger partial charge in [-0.15, -0.1) is 0 Å². The predicted molar refractivity (Wildman–Crippen MR) is 89.7 cm³/mol. The molecule has 1 aliphatic heterocycles. The van der Waals surface area contributed by atoms with Crippen molar-refractivity contribution in [2.24, 2.45) is 5.92 Å². The van der Waals surface area contributed by atoms with Gasteiger partial charge in [-0.2, -0.15) is 0 Å². The van der Waals surface area contributed by atoms with Gasteiger partial charge < -0.3 is 14.7 Å². The standard InChI is InChI=1S/C19H25F2NO3/c1-14-3-2-4-16(11-14)25-13-18(24)9-10-22(12-18)17(23)15-5-7-19(20,21)8-6-15/h2-4,11,15,24H,5-10,12-13H2,1H3. The molecule has 1 aromatic rings. The monoisotopic (exact) mass is 353 g/mol. The lowest BCUT2D eigenvalue weighted by Gasteiger charge is -2.31. The number of aryl methyl sites for hydroxylation is 1. The molecule has 0 bridgehead atoms. The zero-order valence-corrected chi connectivity index (χ0v) is 14.5. The Kier molecular flexibility index (Phi) is 5.00. The number of β-amino-alcohol motifs (C(OH)–C–C–N with tert-alkyl or cyclic N) is 1. The number of carbonyl (C=O) groups is 1. The summed E-state index contributed by atoms with van der Waals surface area (Å²) in [6.07, 6.45) is 0.435. The van der Waals surface area contributed by atoms with Crippen LogP contribution in [0.25, 0.3) is 0 Å². The lowest BCUT2D eigenvalue weighted by molar-refractivity contribution is -0.139. The summed E-state index contributed by atoms with van der Waals surface area (Å²) in [6, 6.07) is 7.57. The molecule has 1 amide bonds. The Morgan fingerprint density at radius 2 is 2.04 bits per heavy atom. The number of rotatable bonds is 4. The Balaban J connectivity index is 1.52. The van der Waals surface area contributed by atoms with Gasteiger partial charge in [-0.05, 0) is 43.9 Å². The van der Waals surface area contributed by atoms with Gasteiger partial charge in [0.25, 0.3) is 0 Å². The minimum Gasteiger partial charge on any atom is -0.491 e. The van der Waals surface area contributed by atoms with Gasteiger partial charge in [0.15, 0.2) is 0 Å². The second kappa shape index (κ2) is 6.90. The van der Waals surface area contributed by atoms with Gasteiger partial charge in [-0.25, -0.2) is 8.78 Å². The van der Waals surface area contributed by atoms with Crippen molar-refractivity contribution in [1.29, 1.82) is 0 Å². The molecule has 6 heteroatoms. The van der Waals surface area contributed by atoms with Crippen LogP contribution >= 0.6 is 0 Å². The van der Waals surface area contributed by atoms with E-state index in [2.05, 4.69) is 0 Å². The van der Waals surface area contributed by atoms with Crippen molar-refractivity contribution in [3.05, 3.63) is 29.8 Å². The lowest BCUT2D eigenvalue weighted by Crippen LogP contribution is -2.43. The number of benzene rings is 1. The molecular weight excluding hydrogens is 328 g/mol. The van der Waals surface area contributed by atoms with Crippen molar-refractivity contribution in [2.45, 2.75) is 50.6 Å². The molecule has 1 saturated heterocycles. The fourth-order valence-electron chi connectivity index (χ4n) is 3.63. The zero-order valence-electron chi connectivity index (χ0n) is 14.5. The molecule has 1 N–H and O–H groups in total. The summed E-state index contributed by atoms with van der Waals surface area (Å²) < 4.78 is 32.2. The van der Waals surface area contributed by atoms with Crippen molar-refractivity contribution in [3.63, 3.8) is 0 Å². The Morgan fingerprint density at radius 1 is 1.32 bits per heavy atom. The van der Waals surface area contributed by atoms with Gasteiger partial charge in [-0.3, -0.25) is 4.79 Å². The van der Waals surface area contributed by atoms with Gasteiger partial charge in [-0.1, -0.05) is 12.1 Å². The van der Waals surface area contributed by atoms with Gasteiger partial charge in [0.1, 0.15) is 18.0 Å². The van der Waals surface area contributed by atoms with Crippen molar-refractivity contribution in [2.75, 3.05) is 19.7 Å². The topological polar surface area (TPSA) is 49.8 Å². The molecule has 1 aromatic carbocycles. The van der Waals surface area contributed by atoms with Crippen LogP contribution in [0.2, 0.25) is 0 Å². The number of hydrogen-bond acceptors (Lipinski definition) is 3. The second-order valence-corrected chi connectivity index (χ2v) is 7.47. The molecule has 1 heterocycles. The average molecular weight is 353 g/mol. The molecule has 0 aromatic heterocycles. The number of halogens is 2. The third kappa shape index (κ3) is 4.48. The van der Waals surface area contributed by atoms with Crippen LogP contribution in [0.5, 0.6) is 5.75 Å². The van der Waals surface area contributed by atoms with Crippen LogP contribution in [0.15, 0.2) is 24.3 Å². The van der Waals surface area contributed by atoms with Crippen LogP contribution in [0.1, 0.15) is 37.7 Å². The number of hydrogen-bond donors (Lipinski definition) is 1. The summed E-state index contributed by atoms with van der Waals surface area (Å²) >= 11 is 0. The Morgan fingerprint density at radius 3 is 2.72 bits per heavy atom. The van der Waals surface area contributed by atoms with Crippen molar-refractivity contribution in [3.8, 4) is 5.75 Å². The Labute approximate surface area is 146 Å². The van der Waals surface area contributed by atoms with E-state index in [4.69, 9.17) is 4.74 Å². The highest BCUT2D eigenvalue weighted by Gasteiger charge is 2.43. The summed E-state index contributed by atoms with van der Waals surface area (Å²) in [6.45, 7) is 2.72. The Bertz CT molecular complexity index is 627. The number of ether oxygens (including phenoxy) is 1. The fourth-order valence-corrected chi connectivity index (χ4v) is 3.63. The van der Waals surface area contributed by atoms with E-state index in [9.17, 15) is 18.7 Å². The number of aliphatic hydroxyl groups is 1. The molecule has 138 valence electrons. The average Bonchev–Trinajstić information content (AvgIpc) is 2.95. The minimum absolute atomic E-state index is 0.109. The van der Waals surface area contributed by atoms with Gasteiger partial charge in [0.2, 0.25) is 11.8 Å². The molecule has 0 spiro atoms. The summed E-state index contributed by atoms with van der Waals surface area (Å²) in [4.78, 5) is 14.2. The normalized spacial score (nSPS) is 26.6. The molecule has 1 saturated carbocycles. The van der Waals surface area contributed by atoms with Crippen molar-refractivity contribution in [1.82, 2.24) is 4.90 Å². The maximum atomic E-state index is 13.3. The molecule has 25 heavy (non-hydrogen) atoms. The van der Waals surface area contributed by atoms with Gasteiger partial charge in [0, 0.05) is 25.3 Å². The third-order valence-corrected chi connectivity index (χ3v) is 5.21. The summed E-state index contributed by atoms with van der Waals surface area (Å²) in [5.74, 6) is -2.40. The maximum Gasteiger partial charge on any atom is 0.248 e. The first-order valence-corrected chi connectivity index (χ1v) is 8.85. The number of nitrogens with zero attached hydrogens (tertiary/aromatic N) is 1. The zero-order chi connectivity index (χ0) is 18.1. The van der Waals surface area contributed by atoms with Crippen LogP contribution in [-0.2, 0) is 4.79 Å². The molecule has 1 unspecified atom stereocenters. The van der Waals surface area contributed by atoms with Gasteiger partial charge in [0.05, 0.1) is 6.54 Å². The SMILES string of the molecule is Cc1cccc(OCC2(O)CCN(C(=O)C3CCC(F)(F)CC3)C2)c1. The van der Waals surface area contributed by atoms with E-state index in [0.29, 0.717) is 18.7 Å². The van der Waals surface area contributed by atoms with Crippen LogP contribution in [0, 0.1) is 12.8 Å².